The number of hydrogen-bond donors (Lipinski definition) is 3. The third-order valence-electron chi connectivity index (χ3n) is 4.26. The number of amides is 3. The van der Waals surface area contributed by atoms with Gasteiger partial charge in [-0.3, -0.25) is 4.79 Å². The molecule has 2 rings (SSSR count). The number of nitrogens with two attached hydrogens (primary N) is 1. The predicted octanol–water partition coefficient (Wildman–Crippen LogP) is 0.0543. The molecule has 1 aliphatic carbocycles. The van der Waals surface area contributed by atoms with Crippen molar-refractivity contribution in [1.82, 2.24) is 10.2 Å². The lowest BCUT2D eigenvalue weighted by Gasteiger charge is -2.31. The van der Waals surface area contributed by atoms with E-state index in [1.54, 1.807) is 0 Å². The first-order chi connectivity index (χ1) is 9.08. The van der Waals surface area contributed by atoms with Crippen LogP contribution in [0.1, 0.15) is 32.1 Å². The smallest absolute Gasteiger partial charge is 0.314 e. The first-order valence-corrected chi connectivity index (χ1v) is 7.08. The molecular weight excluding hydrogens is 246 g/mol. The zero-order chi connectivity index (χ0) is 13.8. The molecule has 0 aromatic heterocycles. The molecule has 6 heteroatoms. The highest BCUT2D eigenvalue weighted by atomic mass is 16.3. The van der Waals surface area contributed by atoms with Crippen molar-refractivity contribution in [3.05, 3.63) is 0 Å². The van der Waals surface area contributed by atoms with E-state index < -0.39 is 6.03 Å². The molecule has 2 fully saturated rings. The van der Waals surface area contributed by atoms with Crippen molar-refractivity contribution in [2.24, 2.45) is 17.6 Å². The Morgan fingerprint density at radius 1 is 1.26 bits per heavy atom. The minimum Gasteiger partial charge on any atom is -0.393 e. The van der Waals surface area contributed by atoms with Crippen LogP contribution >= 0.6 is 0 Å². The molecule has 0 aromatic rings. The molecule has 19 heavy (non-hydrogen) atoms. The van der Waals surface area contributed by atoms with E-state index in [9.17, 15) is 14.7 Å². The summed E-state index contributed by atoms with van der Waals surface area (Å²) < 4.78 is 0. The molecule has 1 saturated heterocycles. The van der Waals surface area contributed by atoms with Crippen LogP contribution in [0.25, 0.3) is 0 Å². The van der Waals surface area contributed by atoms with Gasteiger partial charge in [0.05, 0.1) is 12.0 Å². The molecule has 0 radical (unpaired) electrons. The molecule has 0 spiro atoms. The van der Waals surface area contributed by atoms with Gasteiger partial charge in [-0.05, 0) is 25.7 Å². The number of nitrogens with zero attached hydrogens (tertiary/aromatic N) is 1. The molecule has 0 aromatic carbocycles. The van der Waals surface area contributed by atoms with Gasteiger partial charge in [0.1, 0.15) is 0 Å². The van der Waals surface area contributed by atoms with Crippen LogP contribution < -0.4 is 11.1 Å². The summed E-state index contributed by atoms with van der Waals surface area (Å²) in [6, 6.07) is -0.455. The van der Waals surface area contributed by atoms with Crippen LogP contribution in [-0.4, -0.2) is 47.7 Å². The molecule has 2 aliphatic rings. The van der Waals surface area contributed by atoms with E-state index in [0.717, 1.165) is 32.1 Å². The van der Waals surface area contributed by atoms with Crippen LogP contribution in [0.15, 0.2) is 0 Å². The van der Waals surface area contributed by atoms with Crippen LogP contribution in [0, 0.1) is 11.8 Å². The minimum absolute atomic E-state index is 0.0231. The zero-order valence-electron chi connectivity index (χ0n) is 11.2. The number of aliphatic hydroxyl groups is 1. The first kappa shape index (κ1) is 14.1. The van der Waals surface area contributed by atoms with Gasteiger partial charge < -0.3 is 21.1 Å². The van der Waals surface area contributed by atoms with E-state index in [2.05, 4.69) is 5.32 Å². The zero-order valence-corrected chi connectivity index (χ0v) is 11.2. The number of aliphatic hydroxyl groups excluding tert-OH is 1. The van der Waals surface area contributed by atoms with Crippen LogP contribution in [0.2, 0.25) is 0 Å². The second-order valence-corrected chi connectivity index (χ2v) is 5.63. The average molecular weight is 269 g/mol. The van der Waals surface area contributed by atoms with Gasteiger partial charge in [-0.1, -0.05) is 6.42 Å². The number of nitrogens with one attached hydrogen (secondary N) is 1. The van der Waals surface area contributed by atoms with Crippen molar-refractivity contribution in [2.75, 3.05) is 19.6 Å². The van der Waals surface area contributed by atoms with Crippen LogP contribution in [0.4, 0.5) is 4.79 Å². The second-order valence-electron chi connectivity index (χ2n) is 5.63. The van der Waals surface area contributed by atoms with Gasteiger partial charge in [0.25, 0.3) is 0 Å². The molecule has 108 valence electrons. The van der Waals surface area contributed by atoms with E-state index in [0.29, 0.717) is 19.6 Å². The van der Waals surface area contributed by atoms with Gasteiger partial charge in [0, 0.05) is 25.6 Å². The molecule has 1 aliphatic heterocycles. The van der Waals surface area contributed by atoms with E-state index >= 15 is 0 Å². The highest BCUT2D eigenvalue weighted by molar-refractivity contribution is 5.80. The van der Waals surface area contributed by atoms with Crippen molar-refractivity contribution < 1.29 is 14.7 Å². The summed E-state index contributed by atoms with van der Waals surface area (Å²) in [6.07, 6.45) is 4.16. The number of urea groups is 1. The number of carbonyl (C=O) groups excluding carboxylic acids is 2. The van der Waals surface area contributed by atoms with Gasteiger partial charge in [0.15, 0.2) is 0 Å². The maximum Gasteiger partial charge on any atom is 0.314 e. The molecule has 3 amide bonds. The summed E-state index contributed by atoms with van der Waals surface area (Å²) in [5.41, 5.74) is 5.24. The fraction of sp³-hybridized carbons (Fsp3) is 0.846. The van der Waals surface area contributed by atoms with Crippen LogP contribution in [0.3, 0.4) is 0 Å². The normalized spacial score (nSPS) is 31.2. The van der Waals surface area contributed by atoms with Gasteiger partial charge in [-0.2, -0.15) is 0 Å². The predicted molar refractivity (Wildman–Crippen MR) is 70.2 cm³/mol. The number of hydrogen-bond acceptors (Lipinski definition) is 3. The second kappa shape index (κ2) is 6.23. The Bertz CT molecular complexity index is 348. The summed E-state index contributed by atoms with van der Waals surface area (Å²) >= 11 is 0. The fourth-order valence-electron chi connectivity index (χ4n) is 3.02. The van der Waals surface area contributed by atoms with Crippen molar-refractivity contribution in [2.45, 2.75) is 38.2 Å². The number of rotatable bonds is 3. The quantitative estimate of drug-likeness (QED) is 0.675. The van der Waals surface area contributed by atoms with Gasteiger partial charge in [-0.15, -0.1) is 0 Å². The van der Waals surface area contributed by atoms with E-state index in [4.69, 9.17) is 5.73 Å². The highest BCUT2D eigenvalue weighted by Gasteiger charge is 2.29. The Hall–Kier alpha value is -1.30. The van der Waals surface area contributed by atoms with Gasteiger partial charge in [0.2, 0.25) is 5.91 Å². The molecule has 0 bridgehead atoms. The molecular formula is C13H23N3O3. The van der Waals surface area contributed by atoms with Crippen molar-refractivity contribution in [3.8, 4) is 0 Å². The van der Waals surface area contributed by atoms with E-state index in [1.807, 2.05) is 0 Å². The lowest BCUT2D eigenvalue weighted by atomic mass is 9.97. The van der Waals surface area contributed by atoms with Gasteiger partial charge in [-0.25, -0.2) is 4.79 Å². The topological polar surface area (TPSA) is 95.7 Å². The first-order valence-electron chi connectivity index (χ1n) is 7.08. The summed E-state index contributed by atoms with van der Waals surface area (Å²) in [5.74, 6) is -0.00960. The van der Waals surface area contributed by atoms with Crippen molar-refractivity contribution >= 4 is 11.9 Å². The summed E-state index contributed by atoms with van der Waals surface area (Å²) in [4.78, 5) is 24.7. The number of piperidine rings is 1. The van der Waals surface area contributed by atoms with Crippen LogP contribution in [-0.2, 0) is 4.79 Å². The Kier molecular flexibility index (Phi) is 4.63. The number of likely N-dealkylation sites (tertiary alicyclic amines) is 1. The maximum absolute atomic E-state index is 12.1. The fourth-order valence-corrected chi connectivity index (χ4v) is 3.02. The van der Waals surface area contributed by atoms with Crippen molar-refractivity contribution in [1.29, 1.82) is 0 Å². The largest absolute Gasteiger partial charge is 0.393 e. The number of carbonyl (C=O) groups is 2. The lowest BCUT2D eigenvalue weighted by Crippen LogP contribution is -2.48. The number of primary amides is 1. The Morgan fingerprint density at radius 2 is 2.05 bits per heavy atom. The standard InChI is InChI=1S/C13H23N3O3/c14-13(19)16-6-2-4-10(8-16)12(18)15-7-9-3-1-5-11(9)17/h9-11,17H,1-8H2,(H2,14,19)(H,15,18). The molecule has 4 N–H and O–H groups in total. The van der Waals surface area contributed by atoms with Gasteiger partial charge >= 0.3 is 6.03 Å². The average Bonchev–Trinajstić information content (AvgIpc) is 2.81. The SMILES string of the molecule is NC(=O)N1CCCC(C(=O)NCC2CCCC2O)C1. The summed E-state index contributed by atoms with van der Waals surface area (Å²) in [6.45, 7) is 1.59. The third kappa shape index (κ3) is 3.59. The summed E-state index contributed by atoms with van der Waals surface area (Å²) in [5, 5.41) is 12.6. The molecule has 1 heterocycles. The lowest BCUT2D eigenvalue weighted by molar-refractivity contribution is -0.126. The molecule has 3 atom stereocenters. The molecule has 1 saturated carbocycles. The van der Waals surface area contributed by atoms with E-state index in [1.165, 1.54) is 4.90 Å². The molecule has 6 nitrogen and oxygen atoms in total. The highest BCUT2D eigenvalue weighted by Crippen LogP contribution is 2.25. The van der Waals surface area contributed by atoms with E-state index in [-0.39, 0.29) is 23.8 Å². The minimum atomic E-state index is -0.455. The Labute approximate surface area is 113 Å². The Balaban J connectivity index is 1.77. The Morgan fingerprint density at radius 3 is 2.68 bits per heavy atom. The third-order valence-corrected chi connectivity index (χ3v) is 4.26. The molecule has 3 unspecified atom stereocenters. The monoisotopic (exact) mass is 269 g/mol. The van der Waals surface area contributed by atoms with Crippen LogP contribution in [0.5, 0.6) is 0 Å². The maximum atomic E-state index is 12.1. The van der Waals surface area contributed by atoms with Crippen molar-refractivity contribution in [3.63, 3.8) is 0 Å². The summed E-state index contributed by atoms with van der Waals surface area (Å²) in [7, 11) is 0.